The molecular formula is C23H34N4O4S. The van der Waals surface area contributed by atoms with Crippen LogP contribution in [0.1, 0.15) is 52.0 Å². The van der Waals surface area contributed by atoms with Gasteiger partial charge < -0.3 is 9.32 Å². The molecule has 2 aromatic rings. The second kappa shape index (κ2) is 9.11. The van der Waals surface area contributed by atoms with Gasteiger partial charge in [-0.3, -0.25) is 14.7 Å². The van der Waals surface area contributed by atoms with Crippen LogP contribution in [0.3, 0.4) is 0 Å². The Morgan fingerprint density at radius 1 is 1.19 bits per heavy atom. The standard InChI is InChI=1S/C23H34N4O4S/c1-16(2)27(17(3)4)14-22(28)25-12-19(13-25)32(29,30)26-10-7-18(8-11-26)20-15-31-21-6-5-9-24-23(20)21/h5-6,9,15-19H,7-8,10-14H2,1-4H3. The average molecular weight is 463 g/mol. The summed E-state index contributed by atoms with van der Waals surface area (Å²) >= 11 is 0. The zero-order valence-corrected chi connectivity index (χ0v) is 20.2. The normalized spacial score (nSPS) is 19.4. The molecule has 2 aliphatic heterocycles. The molecule has 4 heterocycles. The molecule has 0 N–H and O–H groups in total. The summed E-state index contributed by atoms with van der Waals surface area (Å²) in [7, 11) is -3.40. The highest BCUT2D eigenvalue weighted by Crippen LogP contribution is 2.35. The van der Waals surface area contributed by atoms with Gasteiger partial charge in [0.15, 0.2) is 5.58 Å². The van der Waals surface area contributed by atoms with Crippen LogP contribution >= 0.6 is 0 Å². The van der Waals surface area contributed by atoms with Gasteiger partial charge in [-0.25, -0.2) is 12.7 Å². The minimum Gasteiger partial charge on any atom is -0.462 e. The van der Waals surface area contributed by atoms with Crippen molar-refractivity contribution < 1.29 is 17.6 Å². The monoisotopic (exact) mass is 462 g/mol. The summed E-state index contributed by atoms with van der Waals surface area (Å²) in [5.74, 6) is 0.256. The number of nitrogens with zero attached hydrogens (tertiary/aromatic N) is 4. The van der Waals surface area contributed by atoms with Crippen molar-refractivity contribution in [1.29, 1.82) is 0 Å². The van der Waals surface area contributed by atoms with Crippen LogP contribution in [0.15, 0.2) is 29.0 Å². The number of pyridine rings is 1. The molecule has 32 heavy (non-hydrogen) atoms. The topological polar surface area (TPSA) is 87.0 Å². The SMILES string of the molecule is CC(C)N(CC(=O)N1CC(S(=O)(=O)N2CCC(c3coc4cccnc34)CC2)C1)C(C)C. The summed E-state index contributed by atoms with van der Waals surface area (Å²) in [6, 6.07) is 4.28. The van der Waals surface area contributed by atoms with E-state index in [0.29, 0.717) is 32.7 Å². The first-order valence-corrected chi connectivity index (χ1v) is 13.0. The van der Waals surface area contributed by atoms with Crippen LogP contribution in [0.25, 0.3) is 11.1 Å². The molecule has 0 saturated carbocycles. The van der Waals surface area contributed by atoms with E-state index in [1.807, 2.05) is 12.1 Å². The predicted octanol–water partition coefficient (Wildman–Crippen LogP) is 2.67. The van der Waals surface area contributed by atoms with E-state index >= 15 is 0 Å². The number of hydrogen-bond donors (Lipinski definition) is 0. The molecule has 8 nitrogen and oxygen atoms in total. The summed E-state index contributed by atoms with van der Waals surface area (Å²) < 4.78 is 33.5. The van der Waals surface area contributed by atoms with Crippen molar-refractivity contribution in [3.05, 3.63) is 30.2 Å². The number of piperidine rings is 1. The molecule has 1 amide bonds. The number of carbonyl (C=O) groups excluding carboxylic acids is 1. The lowest BCUT2D eigenvalue weighted by Gasteiger charge is -2.43. The molecule has 0 aliphatic carbocycles. The number of carbonyl (C=O) groups is 1. The third-order valence-electron chi connectivity index (χ3n) is 6.88. The third kappa shape index (κ3) is 4.43. The Labute approximate surface area is 190 Å². The Hall–Kier alpha value is -1.97. The number of fused-ring (bicyclic) bond motifs is 1. The molecule has 0 spiro atoms. The maximum absolute atomic E-state index is 13.1. The molecule has 0 atom stereocenters. The van der Waals surface area contributed by atoms with Gasteiger partial charge in [0.2, 0.25) is 15.9 Å². The molecule has 2 aliphatic rings. The molecule has 0 aromatic carbocycles. The predicted molar refractivity (Wildman–Crippen MR) is 124 cm³/mol. The van der Waals surface area contributed by atoms with Crippen molar-refractivity contribution in [1.82, 2.24) is 19.1 Å². The largest absolute Gasteiger partial charge is 0.462 e. The highest BCUT2D eigenvalue weighted by atomic mass is 32.2. The van der Waals surface area contributed by atoms with Crippen LogP contribution in [-0.4, -0.2) is 83.5 Å². The van der Waals surface area contributed by atoms with Crippen LogP contribution in [0, 0.1) is 0 Å². The summed E-state index contributed by atoms with van der Waals surface area (Å²) in [4.78, 5) is 20.9. The lowest BCUT2D eigenvalue weighted by Crippen LogP contribution is -2.62. The highest BCUT2D eigenvalue weighted by Gasteiger charge is 2.44. The van der Waals surface area contributed by atoms with E-state index in [0.717, 1.165) is 29.5 Å². The first-order chi connectivity index (χ1) is 15.2. The van der Waals surface area contributed by atoms with E-state index in [9.17, 15) is 13.2 Å². The third-order valence-corrected chi connectivity index (χ3v) is 9.10. The van der Waals surface area contributed by atoms with Crippen LogP contribution in [-0.2, 0) is 14.8 Å². The number of amides is 1. The average Bonchev–Trinajstić information content (AvgIpc) is 3.14. The Morgan fingerprint density at radius 3 is 2.47 bits per heavy atom. The van der Waals surface area contributed by atoms with Gasteiger partial charge in [0.05, 0.1) is 12.8 Å². The number of rotatable bonds is 7. The van der Waals surface area contributed by atoms with Gasteiger partial charge in [-0.1, -0.05) is 0 Å². The van der Waals surface area contributed by atoms with Crippen molar-refractivity contribution in [2.45, 2.75) is 63.8 Å². The van der Waals surface area contributed by atoms with Crippen molar-refractivity contribution in [3.63, 3.8) is 0 Å². The van der Waals surface area contributed by atoms with E-state index < -0.39 is 15.3 Å². The molecule has 0 radical (unpaired) electrons. The lowest BCUT2D eigenvalue weighted by atomic mass is 9.91. The zero-order valence-electron chi connectivity index (χ0n) is 19.4. The maximum atomic E-state index is 13.1. The van der Waals surface area contributed by atoms with Crippen molar-refractivity contribution >= 4 is 27.0 Å². The fourth-order valence-corrected chi connectivity index (χ4v) is 6.73. The Morgan fingerprint density at radius 2 is 1.84 bits per heavy atom. The summed E-state index contributed by atoms with van der Waals surface area (Å²) in [5, 5.41) is -0.494. The first kappa shape index (κ1) is 23.2. The Kier molecular flexibility index (Phi) is 6.61. The van der Waals surface area contributed by atoms with E-state index in [4.69, 9.17) is 4.42 Å². The second-order valence-corrected chi connectivity index (χ2v) is 11.8. The van der Waals surface area contributed by atoms with E-state index in [1.165, 1.54) is 0 Å². The molecule has 0 unspecified atom stereocenters. The smallest absolute Gasteiger partial charge is 0.236 e. The number of hydrogen-bond acceptors (Lipinski definition) is 6. The fraction of sp³-hybridized carbons (Fsp3) is 0.652. The minimum atomic E-state index is -3.40. The van der Waals surface area contributed by atoms with E-state index in [1.54, 1.807) is 21.7 Å². The number of likely N-dealkylation sites (tertiary alicyclic amines) is 1. The highest BCUT2D eigenvalue weighted by molar-refractivity contribution is 7.89. The Balaban J connectivity index is 1.31. The molecule has 9 heteroatoms. The van der Waals surface area contributed by atoms with Crippen LogP contribution in [0.5, 0.6) is 0 Å². The summed E-state index contributed by atoms with van der Waals surface area (Å²) in [5.41, 5.74) is 2.71. The molecule has 2 saturated heterocycles. The second-order valence-electron chi connectivity index (χ2n) is 9.54. The van der Waals surface area contributed by atoms with Crippen molar-refractivity contribution in [2.75, 3.05) is 32.7 Å². The zero-order chi connectivity index (χ0) is 23.0. The van der Waals surface area contributed by atoms with Crippen molar-refractivity contribution in [3.8, 4) is 0 Å². The molecule has 0 bridgehead atoms. The Bertz CT molecular complexity index is 1040. The molecule has 176 valence electrons. The fourth-order valence-electron chi connectivity index (χ4n) is 4.85. The summed E-state index contributed by atoms with van der Waals surface area (Å²) in [6.45, 7) is 10.2. The molecule has 2 aromatic heterocycles. The number of sulfonamides is 1. The van der Waals surface area contributed by atoms with E-state index in [-0.39, 0.29) is 23.9 Å². The van der Waals surface area contributed by atoms with E-state index in [2.05, 4.69) is 37.6 Å². The molecule has 2 fully saturated rings. The minimum absolute atomic E-state index is 0.0110. The summed E-state index contributed by atoms with van der Waals surface area (Å²) in [6.07, 6.45) is 5.01. The molecular weight excluding hydrogens is 428 g/mol. The van der Waals surface area contributed by atoms with Gasteiger partial charge in [0, 0.05) is 50.0 Å². The van der Waals surface area contributed by atoms with Gasteiger partial charge in [-0.2, -0.15) is 0 Å². The molecule has 4 rings (SSSR count). The van der Waals surface area contributed by atoms with Gasteiger partial charge in [-0.15, -0.1) is 0 Å². The van der Waals surface area contributed by atoms with Gasteiger partial charge >= 0.3 is 0 Å². The first-order valence-electron chi connectivity index (χ1n) is 11.5. The van der Waals surface area contributed by atoms with Gasteiger partial charge in [0.25, 0.3) is 0 Å². The van der Waals surface area contributed by atoms with Crippen LogP contribution in [0.4, 0.5) is 0 Å². The maximum Gasteiger partial charge on any atom is 0.236 e. The lowest BCUT2D eigenvalue weighted by molar-refractivity contribution is -0.136. The quantitative estimate of drug-likeness (QED) is 0.629. The van der Waals surface area contributed by atoms with Crippen LogP contribution < -0.4 is 0 Å². The van der Waals surface area contributed by atoms with Crippen LogP contribution in [0.2, 0.25) is 0 Å². The number of furan rings is 1. The van der Waals surface area contributed by atoms with Gasteiger partial charge in [-0.05, 0) is 58.6 Å². The van der Waals surface area contributed by atoms with Crippen molar-refractivity contribution in [2.24, 2.45) is 0 Å². The number of aromatic nitrogens is 1. The van der Waals surface area contributed by atoms with Gasteiger partial charge in [0.1, 0.15) is 10.8 Å².